The predicted octanol–water partition coefficient (Wildman–Crippen LogP) is -2.23. The van der Waals surface area contributed by atoms with Crippen molar-refractivity contribution in [2.24, 2.45) is 11.8 Å². The number of hydrogen-bond acceptors (Lipinski definition) is 5. The van der Waals surface area contributed by atoms with Crippen LogP contribution in [0.1, 0.15) is 65.7 Å². The SMILES string of the molecule is CCCCCCC(=O)NCC[N+](CCO)(CCC(C)C(=O)[O-])CCC(C)C(=O)O.[Li+]. The number of aliphatic carboxylic acids is 2. The van der Waals surface area contributed by atoms with Gasteiger partial charge in [0.2, 0.25) is 5.91 Å². The average Bonchev–Trinajstić information content (AvgIpc) is 2.67. The van der Waals surface area contributed by atoms with E-state index in [4.69, 9.17) is 5.11 Å². The second-order valence-corrected chi connectivity index (χ2v) is 8.16. The number of aliphatic hydroxyl groups is 1. The molecule has 9 heteroatoms. The van der Waals surface area contributed by atoms with Crippen molar-refractivity contribution in [2.75, 3.05) is 39.3 Å². The number of nitrogens with one attached hydrogen (secondary N) is 1. The molecule has 0 saturated heterocycles. The van der Waals surface area contributed by atoms with Crippen LogP contribution in [0.4, 0.5) is 0 Å². The van der Waals surface area contributed by atoms with E-state index in [-0.39, 0.29) is 31.4 Å². The Balaban J connectivity index is 0. The van der Waals surface area contributed by atoms with E-state index in [1.54, 1.807) is 13.8 Å². The Morgan fingerprint density at radius 2 is 1.57 bits per heavy atom. The van der Waals surface area contributed by atoms with E-state index in [9.17, 15) is 24.6 Å². The fourth-order valence-electron chi connectivity index (χ4n) is 3.29. The molecular weight excluding hydrogens is 383 g/mol. The minimum atomic E-state index is -1.12. The van der Waals surface area contributed by atoms with Gasteiger partial charge in [0.25, 0.3) is 0 Å². The Morgan fingerprint density at radius 1 is 0.967 bits per heavy atom. The van der Waals surface area contributed by atoms with Gasteiger partial charge in [-0.3, -0.25) is 9.59 Å². The number of unbranched alkanes of at least 4 members (excludes halogenated alkanes) is 3. The van der Waals surface area contributed by atoms with Crippen molar-refractivity contribution in [1.82, 2.24) is 5.32 Å². The normalized spacial score (nSPS) is 14.8. The molecule has 0 aliphatic rings. The van der Waals surface area contributed by atoms with Crippen LogP contribution in [0.3, 0.4) is 0 Å². The van der Waals surface area contributed by atoms with Crippen molar-refractivity contribution < 1.29 is 53.0 Å². The second-order valence-electron chi connectivity index (χ2n) is 8.16. The summed E-state index contributed by atoms with van der Waals surface area (Å²) in [6.07, 6.45) is 5.38. The molecule has 0 aliphatic carbocycles. The molecule has 0 saturated carbocycles. The predicted molar refractivity (Wildman–Crippen MR) is 109 cm³/mol. The van der Waals surface area contributed by atoms with Gasteiger partial charge >= 0.3 is 24.8 Å². The van der Waals surface area contributed by atoms with Crippen LogP contribution >= 0.6 is 0 Å². The summed E-state index contributed by atoms with van der Waals surface area (Å²) in [7, 11) is 0. The van der Waals surface area contributed by atoms with E-state index >= 15 is 0 Å². The first-order valence-electron chi connectivity index (χ1n) is 10.8. The molecule has 3 unspecified atom stereocenters. The summed E-state index contributed by atoms with van der Waals surface area (Å²) in [5, 5.41) is 32.7. The summed E-state index contributed by atoms with van der Waals surface area (Å²) in [6, 6.07) is 0. The van der Waals surface area contributed by atoms with Crippen LogP contribution in [0.2, 0.25) is 0 Å². The number of carbonyl (C=O) groups excluding carboxylic acids is 2. The molecule has 0 aromatic carbocycles. The molecule has 0 radical (unpaired) electrons. The Hall–Kier alpha value is -1.07. The van der Waals surface area contributed by atoms with E-state index in [1.165, 1.54) is 0 Å². The third kappa shape index (κ3) is 14.0. The second kappa shape index (κ2) is 17.6. The molecule has 0 heterocycles. The summed E-state index contributed by atoms with van der Waals surface area (Å²) >= 11 is 0. The molecule has 30 heavy (non-hydrogen) atoms. The number of quaternary nitrogens is 1. The van der Waals surface area contributed by atoms with Gasteiger partial charge in [-0.15, -0.1) is 0 Å². The van der Waals surface area contributed by atoms with Gasteiger partial charge in [-0.25, -0.2) is 0 Å². The van der Waals surface area contributed by atoms with Crippen LogP contribution in [-0.2, 0) is 14.4 Å². The van der Waals surface area contributed by atoms with Gasteiger partial charge in [-0.05, 0) is 6.42 Å². The maximum absolute atomic E-state index is 12.0. The van der Waals surface area contributed by atoms with Crippen LogP contribution in [0.25, 0.3) is 0 Å². The molecule has 0 aromatic rings. The Morgan fingerprint density at radius 3 is 2.07 bits per heavy atom. The summed E-state index contributed by atoms with van der Waals surface area (Å²) < 4.78 is 0.377. The summed E-state index contributed by atoms with van der Waals surface area (Å²) in [4.78, 5) is 34.3. The Kier molecular flexibility index (Phi) is 18.2. The maximum atomic E-state index is 12.0. The first kappa shape index (κ1) is 31.1. The number of amides is 1. The zero-order valence-corrected chi connectivity index (χ0v) is 19.3. The van der Waals surface area contributed by atoms with Crippen molar-refractivity contribution in [2.45, 2.75) is 65.7 Å². The summed E-state index contributed by atoms with van der Waals surface area (Å²) in [5.41, 5.74) is 0. The van der Waals surface area contributed by atoms with E-state index in [0.29, 0.717) is 56.5 Å². The Labute approximate surface area is 193 Å². The third-order valence-corrected chi connectivity index (χ3v) is 5.64. The number of rotatable bonds is 18. The molecule has 0 spiro atoms. The molecule has 3 N–H and O–H groups in total. The van der Waals surface area contributed by atoms with Gasteiger partial charge in [0.1, 0.15) is 6.54 Å². The zero-order valence-electron chi connectivity index (χ0n) is 19.3. The fraction of sp³-hybridized carbons (Fsp3) is 0.857. The monoisotopic (exact) mass is 423 g/mol. The quantitative estimate of drug-likeness (QED) is 0.130. The molecule has 0 bridgehead atoms. The summed E-state index contributed by atoms with van der Waals surface area (Å²) in [5.74, 6) is -3.17. The standard InChI is InChI=1S/C21H40N2O6.Li/c1-4-5-6-7-8-19(25)22-11-14-23(15-16-24,12-9-17(2)20(26)27)13-10-18(3)21(28)29;/h17-18,24H,4-16H2,1-3H3,(H2-,22,25,26,27,28,29);/q;+1. The van der Waals surface area contributed by atoms with Crippen LogP contribution in [0.15, 0.2) is 0 Å². The molecule has 0 aromatic heterocycles. The first-order chi connectivity index (χ1) is 13.7. The van der Waals surface area contributed by atoms with Gasteiger partial charge in [-0.2, -0.15) is 0 Å². The number of carbonyl (C=O) groups is 3. The van der Waals surface area contributed by atoms with Crippen LogP contribution in [0, 0.1) is 11.8 Å². The van der Waals surface area contributed by atoms with E-state index < -0.39 is 23.8 Å². The molecule has 0 rings (SSSR count). The van der Waals surface area contributed by atoms with Crippen molar-refractivity contribution in [3.63, 3.8) is 0 Å². The number of carboxylic acids is 2. The van der Waals surface area contributed by atoms with Crippen molar-refractivity contribution >= 4 is 17.8 Å². The molecule has 0 fully saturated rings. The minimum absolute atomic E-state index is 0. The summed E-state index contributed by atoms with van der Waals surface area (Å²) in [6.45, 7) is 7.55. The first-order valence-corrected chi connectivity index (χ1v) is 10.8. The van der Waals surface area contributed by atoms with Crippen molar-refractivity contribution in [1.29, 1.82) is 0 Å². The van der Waals surface area contributed by atoms with Crippen molar-refractivity contribution in [3.8, 4) is 0 Å². The van der Waals surface area contributed by atoms with Crippen LogP contribution in [0.5, 0.6) is 0 Å². The molecule has 3 atom stereocenters. The van der Waals surface area contributed by atoms with E-state index in [0.717, 1.165) is 25.7 Å². The molecule has 1 amide bonds. The topological polar surface area (TPSA) is 127 Å². The number of aliphatic hydroxyl groups excluding tert-OH is 1. The molecular formula is C21H40LiN2O6+. The number of hydrogen-bond donors (Lipinski definition) is 3. The van der Waals surface area contributed by atoms with Gasteiger partial charge in [0.15, 0.2) is 0 Å². The smallest absolute Gasteiger partial charge is 0.550 e. The van der Waals surface area contributed by atoms with Crippen molar-refractivity contribution in [3.05, 3.63) is 0 Å². The number of carboxylic acid groups (broad SMARTS) is 2. The third-order valence-electron chi connectivity index (χ3n) is 5.64. The largest absolute Gasteiger partial charge is 1.00 e. The van der Waals surface area contributed by atoms with E-state index in [1.807, 2.05) is 0 Å². The zero-order chi connectivity index (χ0) is 22.3. The van der Waals surface area contributed by atoms with Crippen LogP contribution < -0.4 is 29.3 Å². The Bertz CT molecular complexity index is 480. The van der Waals surface area contributed by atoms with E-state index in [2.05, 4.69) is 12.2 Å². The van der Waals surface area contributed by atoms with Gasteiger partial charge < -0.3 is 29.9 Å². The minimum Gasteiger partial charge on any atom is -0.550 e. The van der Waals surface area contributed by atoms with Gasteiger partial charge in [0, 0.05) is 31.1 Å². The van der Waals surface area contributed by atoms with Gasteiger partial charge in [0.05, 0.1) is 38.7 Å². The fourth-order valence-corrected chi connectivity index (χ4v) is 3.29. The molecule has 8 nitrogen and oxygen atoms in total. The van der Waals surface area contributed by atoms with Gasteiger partial charge in [-0.1, -0.05) is 40.0 Å². The molecule has 170 valence electrons. The number of nitrogens with zero attached hydrogens (tertiary/aromatic N) is 1. The van der Waals surface area contributed by atoms with Crippen LogP contribution in [-0.4, -0.2) is 71.9 Å². The average molecular weight is 424 g/mol. The molecule has 0 aliphatic heterocycles. The maximum Gasteiger partial charge on any atom is 1.00 e.